The topological polar surface area (TPSA) is 78.4 Å². The average molecular weight is 266 g/mol. The highest BCUT2D eigenvalue weighted by atomic mass is 19.1. The SMILES string of the molecule is C/C=C/CCNC(=O)Nc1cccc(F)c1C(=O)O. The molecule has 2 amide bonds. The number of hydrogen-bond acceptors (Lipinski definition) is 2. The van der Waals surface area contributed by atoms with Crippen LogP contribution in [0.4, 0.5) is 14.9 Å². The molecule has 0 aliphatic rings. The number of halogens is 1. The van der Waals surface area contributed by atoms with Gasteiger partial charge < -0.3 is 15.7 Å². The average Bonchev–Trinajstić information content (AvgIpc) is 2.34. The second-order valence-electron chi connectivity index (χ2n) is 3.71. The van der Waals surface area contributed by atoms with Gasteiger partial charge in [-0.25, -0.2) is 14.0 Å². The van der Waals surface area contributed by atoms with E-state index in [4.69, 9.17) is 5.11 Å². The zero-order chi connectivity index (χ0) is 14.3. The molecule has 0 radical (unpaired) electrons. The molecule has 1 rings (SSSR count). The lowest BCUT2D eigenvalue weighted by molar-refractivity contribution is 0.0693. The predicted molar refractivity (Wildman–Crippen MR) is 69.8 cm³/mol. The van der Waals surface area contributed by atoms with Gasteiger partial charge in [-0.1, -0.05) is 18.2 Å². The molecule has 1 aromatic rings. The molecule has 0 saturated heterocycles. The molecule has 102 valence electrons. The third kappa shape index (κ3) is 4.42. The monoisotopic (exact) mass is 266 g/mol. The number of carboxylic acid groups (broad SMARTS) is 1. The third-order valence-electron chi connectivity index (χ3n) is 2.31. The Morgan fingerprint density at radius 1 is 1.42 bits per heavy atom. The first-order valence-corrected chi connectivity index (χ1v) is 5.74. The highest BCUT2D eigenvalue weighted by Gasteiger charge is 2.16. The number of urea groups is 1. The first-order chi connectivity index (χ1) is 9.06. The number of allylic oxidation sites excluding steroid dienone is 1. The smallest absolute Gasteiger partial charge is 0.340 e. The molecule has 3 N–H and O–H groups in total. The summed E-state index contributed by atoms with van der Waals surface area (Å²) in [6, 6.07) is 3.12. The van der Waals surface area contributed by atoms with Crippen LogP contribution in [0.3, 0.4) is 0 Å². The number of amides is 2. The van der Waals surface area contributed by atoms with Crippen LogP contribution in [0.15, 0.2) is 30.4 Å². The predicted octanol–water partition coefficient (Wildman–Crippen LogP) is 2.61. The lowest BCUT2D eigenvalue weighted by Crippen LogP contribution is -2.30. The van der Waals surface area contributed by atoms with Crippen molar-refractivity contribution in [2.75, 3.05) is 11.9 Å². The Hall–Kier alpha value is -2.37. The zero-order valence-corrected chi connectivity index (χ0v) is 10.4. The first-order valence-electron chi connectivity index (χ1n) is 5.74. The van der Waals surface area contributed by atoms with Crippen LogP contribution in [0.2, 0.25) is 0 Å². The normalized spacial score (nSPS) is 10.4. The van der Waals surface area contributed by atoms with E-state index >= 15 is 0 Å². The molecular formula is C13H15FN2O3. The molecule has 19 heavy (non-hydrogen) atoms. The van der Waals surface area contributed by atoms with Crippen LogP contribution in [0, 0.1) is 5.82 Å². The summed E-state index contributed by atoms with van der Waals surface area (Å²) in [5.74, 6) is -2.32. The van der Waals surface area contributed by atoms with Crippen LogP contribution in [-0.2, 0) is 0 Å². The van der Waals surface area contributed by atoms with Crippen molar-refractivity contribution in [2.45, 2.75) is 13.3 Å². The van der Waals surface area contributed by atoms with Crippen molar-refractivity contribution in [3.8, 4) is 0 Å². The van der Waals surface area contributed by atoms with Gasteiger partial charge in [0.1, 0.15) is 11.4 Å². The second kappa shape index (κ2) is 7.15. The van der Waals surface area contributed by atoms with Gasteiger partial charge in [-0.3, -0.25) is 0 Å². The molecule has 0 bridgehead atoms. The Labute approximate surface area is 110 Å². The molecule has 0 atom stereocenters. The summed E-state index contributed by atoms with van der Waals surface area (Å²) < 4.78 is 13.3. The Kier molecular flexibility index (Phi) is 5.53. The van der Waals surface area contributed by atoms with E-state index in [0.29, 0.717) is 13.0 Å². The minimum absolute atomic E-state index is 0.0731. The molecule has 0 spiro atoms. The van der Waals surface area contributed by atoms with E-state index in [9.17, 15) is 14.0 Å². The van der Waals surface area contributed by atoms with E-state index in [1.165, 1.54) is 12.1 Å². The molecule has 0 fully saturated rings. The molecule has 0 aromatic heterocycles. The molecule has 0 aliphatic heterocycles. The van der Waals surface area contributed by atoms with Crippen LogP contribution in [0.5, 0.6) is 0 Å². The van der Waals surface area contributed by atoms with Gasteiger partial charge in [-0.2, -0.15) is 0 Å². The molecule has 6 heteroatoms. The van der Waals surface area contributed by atoms with E-state index in [1.54, 1.807) is 0 Å². The van der Waals surface area contributed by atoms with Crippen molar-refractivity contribution in [3.63, 3.8) is 0 Å². The maximum absolute atomic E-state index is 13.3. The summed E-state index contributed by atoms with van der Waals surface area (Å²) in [4.78, 5) is 22.4. The van der Waals surface area contributed by atoms with Gasteiger partial charge in [0, 0.05) is 6.54 Å². The fourth-order valence-electron chi connectivity index (χ4n) is 1.45. The highest BCUT2D eigenvalue weighted by Crippen LogP contribution is 2.18. The summed E-state index contributed by atoms with van der Waals surface area (Å²) >= 11 is 0. The Bertz CT molecular complexity index is 501. The van der Waals surface area contributed by atoms with Crippen molar-refractivity contribution in [3.05, 3.63) is 41.7 Å². The van der Waals surface area contributed by atoms with Crippen molar-refractivity contribution < 1.29 is 19.1 Å². The van der Waals surface area contributed by atoms with Crippen molar-refractivity contribution in [1.82, 2.24) is 5.32 Å². The van der Waals surface area contributed by atoms with E-state index < -0.39 is 23.4 Å². The van der Waals surface area contributed by atoms with Gasteiger partial charge in [0.2, 0.25) is 0 Å². The zero-order valence-electron chi connectivity index (χ0n) is 10.4. The maximum Gasteiger partial charge on any atom is 0.340 e. The summed E-state index contributed by atoms with van der Waals surface area (Å²) in [7, 11) is 0. The molecule has 0 unspecified atom stereocenters. The molecule has 0 saturated carbocycles. The number of carbonyl (C=O) groups is 2. The Balaban J connectivity index is 2.69. The number of aromatic carboxylic acids is 1. The van der Waals surface area contributed by atoms with Crippen molar-refractivity contribution in [2.24, 2.45) is 0 Å². The van der Waals surface area contributed by atoms with Crippen LogP contribution in [0.1, 0.15) is 23.7 Å². The van der Waals surface area contributed by atoms with Crippen molar-refractivity contribution >= 4 is 17.7 Å². The van der Waals surface area contributed by atoms with Crippen LogP contribution in [-0.4, -0.2) is 23.7 Å². The number of hydrogen-bond donors (Lipinski definition) is 3. The van der Waals surface area contributed by atoms with E-state index in [-0.39, 0.29) is 5.69 Å². The van der Waals surface area contributed by atoms with E-state index in [2.05, 4.69) is 10.6 Å². The minimum Gasteiger partial charge on any atom is -0.478 e. The fourth-order valence-corrected chi connectivity index (χ4v) is 1.45. The Morgan fingerprint density at radius 2 is 2.16 bits per heavy atom. The van der Waals surface area contributed by atoms with E-state index in [1.807, 2.05) is 19.1 Å². The Morgan fingerprint density at radius 3 is 2.79 bits per heavy atom. The van der Waals surface area contributed by atoms with Crippen LogP contribution >= 0.6 is 0 Å². The highest BCUT2D eigenvalue weighted by molar-refractivity contribution is 6.00. The number of carboxylic acids is 1. The van der Waals surface area contributed by atoms with Gasteiger partial charge >= 0.3 is 12.0 Å². The van der Waals surface area contributed by atoms with Gasteiger partial charge in [-0.05, 0) is 25.5 Å². The van der Waals surface area contributed by atoms with Gasteiger partial charge in [-0.15, -0.1) is 0 Å². The summed E-state index contributed by atoms with van der Waals surface area (Å²) in [6.07, 6.45) is 4.40. The molecule has 0 heterocycles. The number of benzene rings is 1. The van der Waals surface area contributed by atoms with E-state index in [0.717, 1.165) is 6.07 Å². The third-order valence-corrected chi connectivity index (χ3v) is 2.31. The lowest BCUT2D eigenvalue weighted by Gasteiger charge is -2.09. The molecular weight excluding hydrogens is 251 g/mol. The minimum atomic E-state index is -1.43. The van der Waals surface area contributed by atoms with Gasteiger partial charge in [0.05, 0.1) is 5.69 Å². The van der Waals surface area contributed by atoms with Crippen LogP contribution < -0.4 is 10.6 Å². The first kappa shape index (κ1) is 14.7. The standard InChI is InChI=1S/C13H15FN2O3/c1-2-3-4-8-15-13(19)16-10-7-5-6-9(14)11(10)12(17)18/h2-3,5-7H,4,8H2,1H3,(H,17,18)(H2,15,16,19)/b3-2+. The van der Waals surface area contributed by atoms with Crippen molar-refractivity contribution in [1.29, 1.82) is 0 Å². The quantitative estimate of drug-likeness (QED) is 0.566. The lowest BCUT2D eigenvalue weighted by atomic mass is 10.1. The molecule has 0 aliphatic carbocycles. The number of rotatable bonds is 5. The summed E-state index contributed by atoms with van der Waals surface area (Å²) in [6.45, 7) is 2.28. The molecule has 5 nitrogen and oxygen atoms in total. The maximum atomic E-state index is 13.3. The second-order valence-corrected chi connectivity index (χ2v) is 3.71. The van der Waals surface area contributed by atoms with Gasteiger partial charge in [0.15, 0.2) is 0 Å². The fraction of sp³-hybridized carbons (Fsp3) is 0.231. The summed E-state index contributed by atoms with van der Waals surface area (Å²) in [5.41, 5.74) is -0.623. The summed E-state index contributed by atoms with van der Waals surface area (Å²) in [5, 5.41) is 13.7. The number of nitrogens with one attached hydrogen (secondary N) is 2. The van der Waals surface area contributed by atoms with Gasteiger partial charge in [0.25, 0.3) is 0 Å². The largest absolute Gasteiger partial charge is 0.478 e. The number of carbonyl (C=O) groups excluding carboxylic acids is 1. The molecule has 1 aromatic carbocycles. The number of anilines is 1. The van der Waals surface area contributed by atoms with Crippen LogP contribution in [0.25, 0.3) is 0 Å².